The van der Waals surface area contributed by atoms with Gasteiger partial charge in [0.05, 0.1) is 22.2 Å². The van der Waals surface area contributed by atoms with Crippen LogP contribution in [0.4, 0.5) is 0 Å². The van der Waals surface area contributed by atoms with E-state index in [4.69, 9.17) is 4.84 Å². The van der Waals surface area contributed by atoms with Crippen molar-refractivity contribution in [1.29, 1.82) is 0 Å². The lowest BCUT2D eigenvalue weighted by Gasteiger charge is -2.15. The van der Waals surface area contributed by atoms with Crippen LogP contribution in [0.1, 0.15) is 31.8 Å². The fourth-order valence-corrected chi connectivity index (χ4v) is 4.27. The van der Waals surface area contributed by atoms with E-state index < -0.39 is 23.7 Å². The maximum Gasteiger partial charge on any atom is 0.364 e. The predicted molar refractivity (Wildman–Crippen MR) is 130 cm³/mol. The molecule has 0 amide bonds. The number of aromatic carboxylic acids is 1. The summed E-state index contributed by atoms with van der Waals surface area (Å²) in [6.45, 7) is 3.65. The lowest BCUT2D eigenvalue weighted by atomic mass is 9.92. The quantitative estimate of drug-likeness (QED) is 0.322. The maximum atomic E-state index is 12.7. The van der Waals surface area contributed by atoms with Crippen molar-refractivity contribution in [2.75, 3.05) is 0 Å². The van der Waals surface area contributed by atoms with Crippen molar-refractivity contribution in [3.63, 3.8) is 0 Å². The van der Waals surface area contributed by atoms with Gasteiger partial charge in [-0.05, 0) is 54.3 Å². The minimum absolute atomic E-state index is 0.208. The minimum atomic E-state index is -1.02. The number of carbonyl (C=O) groups is 2. The van der Waals surface area contributed by atoms with Crippen molar-refractivity contribution in [1.82, 2.24) is 9.71 Å². The van der Waals surface area contributed by atoms with Crippen LogP contribution >= 0.6 is 0 Å². The molecule has 0 unspecified atom stereocenters. The van der Waals surface area contributed by atoms with Crippen LogP contribution in [0.15, 0.2) is 66.7 Å². The fraction of sp³-hybridized carbons (Fsp3) is 0.0741. The van der Waals surface area contributed by atoms with Crippen LogP contribution in [0.25, 0.3) is 32.9 Å². The maximum absolute atomic E-state index is 12.7. The Labute approximate surface area is 199 Å². The highest BCUT2D eigenvalue weighted by atomic mass is 16.7. The van der Waals surface area contributed by atoms with Crippen molar-refractivity contribution < 1.29 is 29.7 Å². The topological polar surface area (TPSA) is 122 Å². The molecule has 0 spiro atoms. The molecule has 5 rings (SSSR count). The molecule has 5 aromatic rings. The number of carboxylic acids is 1. The highest BCUT2D eigenvalue weighted by molar-refractivity contribution is 6.14. The number of rotatable bonds is 4. The van der Waals surface area contributed by atoms with Crippen LogP contribution in [-0.4, -0.2) is 37.0 Å². The zero-order chi connectivity index (χ0) is 24.9. The summed E-state index contributed by atoms with van der Waals surface area (Å²) in [7, 11) is 0. The summed E-state index contributed by atoms with van der Waals surface area (Å²) in [6.07, 6.45) is 0. The van der Waals surface area contributed by atoms with Gasteiger partial charge < -0.3 is 20.2 Å². The molecule has 0 aliphatic rings. The second-order valence-electron chi connectivity index (χ2n) is 8.17. The van der Waals surface area contributed by atoms with Crippen LogP contribution in [0.3, 0.4) is 0 Å². The van der Waals surface area contributed by atoms with E-state index >= 15 is 0 Å². The number of aromatic hydroxyl groups is 2. The van der Waals surface area contributed by atoms with Crippen LogP contribution < -0.4 is 4.84 Å². The number of hydrogen-bond donors (Lipinski definition) is 3. The summed E-state index contributed by atoms with van der Waals surface area (Å²) >= 11 is 0. The van der Waals surface area contributed by atoms with Gasteiger partial charge in [0.15, 0.2) is 0 Å². The number of aromatic nitrogens is 2. The van der Waals surface area contributed by atoms with Gasteiger partial charge in [-0.15, -0.1) is 4.73 Å². The molecule has 0 saturated heterocycles. The number of benzene rings is 3. The number of carboxylic acid groups (broad SMARTS) is 1. The summed E-state index contributed by atoms with van der Waals surface area (Å²) in [4.78, 5) is 34.5. The van der Waals surface area contributed by atoms with Crippen LogP contribution in [-0.2, 0) is 0 Å². The minimum Gasteiger partial charge on any atom is -0.492 e. The monoisotopic (exact) mass is 468 g/mol. The van der Waals surface area contributed by atoms with Crippen LogP contribution in [0, 0.1) is 13.8 Å². The van der Waals surface area contributed by atoms with Crippen molar-refractivity contribution >= 4 is 33.7 Å². The van der Waals surface area contributed by atoms with Crippen molar-refractivity contribution in [2.24, 2.45) is 0 Å². The molecule has 8 nitrogen and oxygen atoms in total. The average molecular weight is 468 g/mol. The molecule has 0 fully saturated rings. The molecular formula is C27H20N2O6. The number of nitrogens with zero attached hydrogens (tertiary/aromatic N) is 2. The molecule has 8 heteroatoms. The zero-order valence-corrected chi connectivity index (χ0v) is 18.8. The Balaban J connectivity index is 1.58. The number of pyridine rings is 1. The van der Waals surface area contributed by atoms with E-state index in [1.807, 2.05) is 25.1 Å². The van der Waals surface area contributed by atoms with Gasteiger partial charge in [0.2, 0.25) is 11.8 Å². The molecule has 0 atom stereocenters. The number of fused-ring (bicyclic) bond motifs is 2. The van der Waals surface area contributed by atoms with Crippen molar-refractivity contribution in [2.45, 2.75) is 13.8 Å². The zero-order valence-electron chi connectivity index (χ0n) is 18.8. The Morgan fingerprint density at radius 3 is 2.23 bits per heavy atom. The average Bonchev–Trinajstić information content (AvgIpc) is 3.15. The number of hydrogen-bond acceptors (Lipinski definition) is 6. The Hall–Kier alpha value is -4.85. The molecule has 2 heterocycles. The van der Waals surface area contributed by atoms with Gasteiger partial charge in [-0.25, -0.2) is 14.6 Å². The molecule has 0 aliphatic heterocycles. The highest BCUT2D eigenvalue weighted by Crippen LogP contribution is 2.33. The molecule has 2 aromatic heterocycles. The van der Waals surface area contributed by atoms with Crippen molar-refractivity contribution in [3.8, 4) is 22.9 Å². The van der Waals surface area contributed by atoms with Gasteiger partial charge in [-0.2, -0.15) is 0 Å². The van der Waals surface area contributed by atoms with E-state index in [-0.39, 0.29) is 11.1 Å². The number of para-hydroxylation sites is 1. The van der Waals surface area contributed by atoms with Gasteiger partial charge in [-0.1, -0.05) is 36.4 Å². The molecule has 0 saturated carbocycles. The highest BCUT2D eigenvalue weighted by Gasteiger charge is 2.20. The normalized spacial score (nSPS) is 11.1. The van der Waals surface area contributed by atoms with Gasteiger partial charge in [-0.3, -0.25) is 0 Å². The lowest BCUT2D eigenvalue weighted by molar-refractivity contribution is 0.0380. The van der Waals surface area contributed by atoms with E-state index in [2.05, 4.69) is 4.98 Å². The Morgan fingerprint density at radius 2 is 1.51 bits per heavy atom. The largest absolute Gasteiger partial charge is 0.492 e. The van der Waals surface area contributed by atoms with Gasteiger partial charge in [0, 0.05) is 22.9 Å². The molecule has 0 bridgehead atoms. The van der Waals surface area contributed by atoms with Crippen LogP contribution in [0.2, 0.25) is 0 Å². The molecule has 3 N–H and O–H groups in total. The first-order valence-corrected chi connectivity index (χ1v) is 10.7. The standard InChI is InChI=1S/C27H20N2O6/c1-14-15(2)18(27(34)35-29-23(30)11-12-24(29)31)10-9-17(14)16-7-8-20-22(13-16)28-21-6-4-3-5-19(21)25(20)26(32)33/h3-13,30-31H,1-2H3,(H,32,33). The summed E-state index contributed by atoms with van der Waals surface area (Å²) < 4.78 is 0.643. The van der Waals surface area contributed by atoms with Crippen molar-refractivity contribution in [3.05, 3.63) is 89.0 Å². The van der Waals surface area contributed by atoms with E-state index in [9.17, 15) is 24.9 Å². The van der Waals surface area contributed by atoms with E-state index in [0.717, 1.165) is 16.7 Å². The Bertz CT molecular complexity index is 1650. The predicted octanol–water partition coefficient (Wildman–Crippen LogP) is 4.85. The first-order chi connectivity index (χ1) is 16.8. The Morgan fingerprint density at radius 1 is 0.829 bits per heavy atom. The third-order valence-corrected chi connectivity index (χ3v) is 6.19. The summed E-state index contributed by atoms with van der Waals surface area (Å²) in [5.41, 5.74) is 4.78. The van der Waals surface area contributed by atoms with Gasteiger partial charge in [0.25, 0.3) is 0 Å². The smallest absolute Gasteiger partial charge is 0.364 e. The molecule has 0 aliphatic carbocycles. The first-order valence-electron chi connectivity index (χ1n) is 10.7. The molecule has 3 aromatic carbocycles. The molecule has 0 radical (unpaired) electrons. The summed E-state index contributed by atoms with van der Waals surface area (Å²) in [6, 6.07) is 18.3. The second-order valence-corrected chi connectivity index (χ2v) is 8.17. The van der Waals surface area contributed by atoms with E-state index in [0.29, 0.717) is 32.1 Å². The van der Waals surface area contributed by atoms with Crippen LogP contribution in [0.5, 0.6) is 11.8 Å². The van der Waals surface area contributed by atoms with E-state index in [1.165, 1.54) is 12.1 Å². The first kappa shape index (κ1) is 22.0. The fourth-order valence-electron chi connectivity index (χ4n) is 4.27. The SMILES string of the molecule is Cc1c(C(=O)On2c(O)ccc2O)ccc(-c2ccc3c(C(=O)O)c4ccccc4nc3c2)c1C. The third kappa shape index (κ3) is 3.61. The summed E-state index contributed by atoms with van der Waals surface area (Å²) in [5.74, 6) is -2.56. The number of carbonyl (C=O) groups excluding carboxylic acids is 1. The second kappa shape index (κ2) is 8.18. The molecule has 174 valence electrons. The Kier molecular flexibility index (Phi) is 5.13. The van der Waals surface area contributed by atoms with Gasteiger partial charge in [0.1, 0.15) is 0 Å². The molecular weight excluding hydrogens is 448 g/mol. The summed E-state index contributed by atoms with van der Waals surface area (Å²) in [5, 5.41) is 30.4. The van der Waals surface area contributed by atoms with Gasteiger partial charge >= 0.3 is 11.9 Å². The lowest BCUT2D eigenvalue weighted by Crippen LogP contribution is -2.20. The van der Waals surface area contributed by atoms with E-state index in [1.54, 1.807) is 43.3 Å². The third-order valence-electron chi connectivity index (χ3n) is 6.19. The molecule has 35 heavy (non-hydrogen) atoms.